The molecule has 0 bridgehead atoms. The van der Waals surface area contributed by atoms with E-state index in [9.17, 15) is 4.79 Å². The highest BCUT2D eigenvalue weighted by Crippen LogP contribution is 2.32. The molecule has 1 heterocycles. The number of rotatable bonds is 7. The third-order valence-electron chi connectivity index (χ3n) is 4.47. The summed E-state index contributed by atoms with van der Waals surface area (Å²) < 4.78 is 5.34. The summed E-state index contributed by atoms with van der Waals surface area (Å²) in [7, 11) is 0. The number of carbonyl (C=O) groups is 1. The maximum Gasteiger partial charge on any atom is 0.228 e. The second-order valence-electron chi connectivity index (χ2n) is 6.33. The van der Waals surface area contributed by atoms with Gasteiger partial charge in [0.2, 0.25) is 17.6 Å². The molecule has 6 heteroatoms. The molecule has 1 atom stereocenters. The van der Waals surface area contributed by atoms with E-state index in [2.05, 4.69) is 24.0 Å². The Bertz CT molecular complexity index is 695. The predicted octanol–water partition coefficient (Wildman–Crippen LogP) is 3.97. The summed E-state index contributed by atoms with van der Waals surface area (Å²) in [6, 6.07) is 7.55. The van der Waals surface area contributed by atoms with Crippen molar-refractivity contribution in [2.45, 2.75) is 45.6 Å². The fourth-order valence-electron chi connectivity index (χ4n) is 2.62. The number of halogens is 1. The van der Waals surface area contributed by atoms with Gasteiger partial charge in [-0.1, -0.05) is 23.7 Å². The first-order valence-electron chi connectivity index (χ1n) is 8.47. The molecular weight excluding hydrogens is 326 g/mol. The second-order valence-corrected chi connectivity index (χ2v) is 6.77. The van der Waals surface area contributed by atoms with Crippen molar-refractivity contribution in [2.24, 2.45) is 5.92 Å². The van der Waals surface area contributed by atoms with Gasteiger partial charge in [-0.2, -0.15) is 4.98 Å². The van der Waals surface area contributed by atoms with Crippen molar-refractivity contribution >= 4 is 17.5 Å². The van der Waals surface area contributed by atoms with E-state index >= 15 is 0 Å². The average Bonchev–Trinajstić information content (AvgIpc) is 3.34. The second kappa shape index (κ2) is 7.34. The number of benzene rings is 1. The van der Waals surface area contributed by atoms with Crippen LogP contribution in [0.1, 0.15) is 39.0 Å². The molecule has 1 aliphatic rings. The number of carbonyl (C=O) groups excluding carboxylic acids is 1. The summed E-state index contributed by atoms with van der Waals surface area (Å²) >= 11 is 5.89. The lowest BCUT2D eigenvalue weighted by Gasteiger charge is -2.28. The fourth-order valence-corrected chi connectivity index (χ4v) is 2.75. The zero-order valence-electron chi connectivity index (χ0n) is 14.0. The van der Waals surface area contributed by atoms with E-state index in [1.54, 1.807) is 12.1 Å². The molecule has 0 aliphatic heterocycles. The molecule has 2 aromatic rings. The van der Waals surface area contributed by atoms with E-state index in [4.69, 9.17) is 16.1 Å². The van der Waals surface area contributed by atoms with Gasteiger partial charge in [-0.05, 0) is 50.5 Å². The van der Waals surface area contributed by atoms with Crippen molar-refractivity contribution in [1.82, 2.24) is 15.0 Å². The van der Waals surface area contributed by atoms with Crippen LogP contribution in [-0.4, -0.2) is 33.5 Å². The minimum Gasteiger partial charge on any atom is -0.339 e. The van der Waals surface area contributed by atoms with E-state index < -0.39 is 0 Å². The molecule has 0 spiro atoms. The Labute approximate surface area is 147 Å². The highest BCUT2D eigenvalue weighted by atomic mass is 35.5. The van der Waals surface area contributed by atoms with Gasteiger partial charge in [-0.3, -0.25) is 4.79 Å². The molecule has 1 aromatic heterocycles. The predicted molar refractivity (Wildman–Crippen MR) is 92.6 cm³/mol. The number of hydrogen-bond acceptors (Lipinski definition) is 4. The summed E-state index contributed by atoms with van der Waals surface area (Å²) in [5.41, 5.74) is 0.863. The first-order valence-corrected chi connectivity index (χ1v) is 8.85. The molecule has 3 rings (SSSR count). The fraction of sp³-hybridized carbons (Fsp3) is 0.500. The van der Waals surface area contributed by atoms with Crippen LogP contribution in [0.2, 0.25) is 5.02 Å². The van der Waals surface area contributed by atoms with Crippen molar-refractivity contribution < 1.29 is 9.32 Å². The third-order valence-corrected chi connectivity index (χ3v) is 4.72. The molecule has 0 radical (unpaired) electrons. The van der Waals surface area contributed by atoms with E-state index in [1.807, 2.05) is 17.0 Å². The Morgan fingerprint density at radius 1 is 1.38 bits per heavy atom. The van der Waals surface area contributed by atoms with Crippen LogP contribution in [0.15, 0.2) is 28.8 Å². The van der Waals surface area contributed by atoms with Crippen molar-refractivity contribution in [3.63, 3.8) is 0 Å². The van der Waals surface area contributed by atoms with E-state index in [-0.39, 0.29) is 17.9 Å². The van der Waals surface area contributed by atoms with E-state index in [0.29, 0.717) is 29.7 Å². The SMILES string of the molecule is CC[C@@H](C)N(CCc1nc(-c2ccc(Cl)cc2)no1)C(=O)C1CC1. The number of aromatic nitrogens is 2. The zero-order valence-corrected chi connectivity index (χ0v) is 14.8. The van der Waals surface area contributed by atoms with E-state index in [0.717, 1.165) is 24.8 Å². The van der Waals surface area contributed by atoms with Crippen LogP contribution in [0.25, 0.3) is 11.4 Å². The van der Waals surface area contributed by atoms with Gasteiger partial charge in [0, 0.05) is 35.5 Å². The highest BCUT2D eigenvalue weighted by molar-refractivity contribution is 6.30. The van der Waals surface area contributed by atoms with Gasteiger partial charge < -0.3 is 9.42 Å². The van der Waals surface area contributed by atoms with Gasteiger partial charge in [0.15, 0.2) is 0 Å². The average molecular weight is 348 g/mol. The molecule has 1 amide bonds. The Balaban J connectivity index is 1.64. The maximum absolute atomic E-state index is 12.4. The topological polar surface area (TPSA) is 59.2 Å². The zero-order chi connectivity index (χ0) is 17.1. The van der Waals surface area contributed by atoms with Crippen LogP contribution in [0.5, 0.6) is 0 Å². The Hall–Kier alpha value is -1.88. The summed E-state index contributed by atoms with van der Waals surface area (Å²) in [4.78, 5) is 18.8. The largest absolute Gasteiger partial charge is 0.339 e. The van der Waals surface area contributed by atoms with Gasteiger partial charge in [0.1, 0.15) is 0 Å². The van der Waals surface area contributed by atoms with Crippen LogP contribution < -0.4 is 0 Å². The lowest BCUT2D eigenvalue weighted by molar-refractivity contribution is -0.134. The molecule has 1 fully saturated rings. The molecule has 5 nitrogen and oxygen atoms in total. The maximum atomic E-state index is 12.4. The van der Waals surface area contributed by atoms with Crippen molar-refractivity contribution in [3.05, 3.63) is 35.2 Å². The first kappa shape index (κ1) is 17.0. The highest BCUT2D eigenvalue weighted by Gasteiger charge is 2.34. The normalized spacial score (nSPS) is 15.3. The minimum absolute atomic E-state index is 0.228. The molecular formula is C18H22ClN3O2. The van der Waals surface area contributed by atoms with Gasteiger partial charge in [-0.15, -0.1) is 0 Å². The molecule has 24 heavy (non-hydrogen) atoms. The Morgan fingerprint density at radius 3 is 2.71 bits per heavy atom. The van der Waals surface area contributed by atoms with Gasteiger partial charge in [-0.25, -0.2) is 0 Å². The van der Waals surface area contributed by atoms with E-state index in [1.165, 1.54) is 0 Å². The summed E-state index contributed by atoms with van der Waals surface area (Å²) in [6.07, 6.45) is 3.56. The molecule has 0 N–H and O–H groups in total. The van der Waals surface area contributed by atoms with Crippen molar-refractivity contribution in [2.75, 3.05) is 6.54 Å². The van der Waals surface area contributed by atoms with Gasteiger partial charge in [0.05, 0.1) is 0 Å². The van der Waals surface area contributed by atoms with Crippen LogP contribution in [-0.2, 0) is 11.2 Å². The molecule has 0 unspecified atom stereocenters. The molecule has 1 aliphatic carbocycles. The Morgan fingerprint density at radius 2 is 2.08 bits per heavy atom. The molecule has 128 valence electrons. The quantitative estimate of drug-likeness (QED) is 0.760. The van der Waals surface area contributed by atoms with Crippen LogP contribution in [0.4, 0.5) is 0 Å². The number of hydrogen-bond donors (Lipinski definition) is 0. The van der Waals surface area contributed by atoms with Crippen LogP contribution >= 0.6 is 11.6 Å². The summed E-state index contributed by atoms with van der Waals surface area (Å²) in [6.45, 7) is 4.81. The molecule has 1 aromatic carbocycles. The smallest absolute Gasteiger partial charge is 0.228 e. The van der Waals surface area contributed by atoms with Crippen molar-refractivity contribution in [1.29, 1.82) is 0 Å². The van der Waals surface area contributed by atoms with Gasteiger partial charge >= 0.3 is 0 Å². The summed E-state index contributed by atoms with van der Waals surface area (Å²) in [5, 5.41) is 4.69. The third kappa shape index (κ3) is 3.96. The molecule has 0 saturated heterocycles. The van der Waals surface area contributed by atoms with Gasteiger partial charge in [0.25, 0.3) is 0 Å². The monoisotopic (exact) mass is 347 g/mol. The number of amides is 1. The lowest BCUT2D eigenvalue weighted by atomic mass is 10.2. The Kier molecular flexibility index (Phi) is 5.19. The standard InChI is InChI=1S/C18H22ClN3O2/c1-3-12(2)22(18(23)14-4-5-14)11-10-16-20-17(21-24-16)13-6-8-15(19)9-7-13/h6-9,12,14H,3-5,10-11H2,1-2H3/t12-/m1/s1. The lowest BCUT2D eigenvalue weighted by Crippen LogP contribution is -2.40. The van der Waals surface area contributed by atoms with Crippen LogP contribution in [0, 0.1) is 5.92 Å². The minimum atomic E-state index is 0.228. The van der Waals surface area contributed by atoms with Crippen molar-refractivity contribution in [3.8, 4) is 11.4 Å². The summed E-state index contributed by atoms with van der Waals surface area (Å²) in [5.74, 6) is 1.59. The van der Waals surface area contributed by atoms with Crippen LogP contribution in [0.3, 0.4) is 0 Å². The molecule has 1 saturated carbocycles. The number of nitrogens with zero attached hydrogens (tertiary/aromatic N) is 3. The first-order chi connectivity index (χ1) is 11.6.